The van der Waals surface area contributed by atoms with E-state index in [1.165, 1.54) is 12.8 Å². The monoisotopic (exact) mass is 568 g/mol. The number of nitrogens with one attached hydrogen (secondary N) is 1. The van der Waals surface area contributed by atoms with Gasteiger partial charge in [0.1, 0.15) is 0 Å². The summed E-state index contributed by atoms with van der Waals surface area (Å²) >= 11 is 0. The standard InChI is InChI=1S/C33H48N2O6/c1-36-28-20-25(21-29(37-2)32(28)40-5)14-9-7-11-16-27-24-34-17-13-19-35(27)18-12-8-10-15-26-22-30(38-3)33(41-6)31(23-26)39-4/h9-10,14-15,20-23,27,34H,7-8,11-13,16-19,24H2,1-6H3. The van der Waals surface area contributed by atoms with Crippen molar-refractivity contribution < 1.29 is 28.4 Å². The summed E-state index contributed by atoms with van der Waals surface area (Å²) in [7, 11) is 9.81. The van der Waals surface area contributed by atoms with Crippen LogP contribution in [0.4, 0.5) is 0 Å². The molecule has 1 heterocycles. The van der Waals surface area contributed by atoms with Crippen molar-refractivity contribution in [2.45, 2.75) is 44.6 Å². The fraction of sp³-hybridized carbons (Fsp3) is 0.515. The molecular weight excluding hydrogens is 520 g/mol. The van der Waals surface area contributed by atoms with E-state index >= 15 is 0 Å². The zero-order valence-corrected chi connectivity index (χ0v) is 25.7. The molecule has 0 saturated carbocycles. The third-order valence-corrected chi connectivity index (χ3v) is 7.41. The van der Waals surface area contributed by atoms with Gasteiger partial charge in [0.15, 0.2) is 23.0 Å². The van der Waals surface area contributed by atoms with Crippen LogP contribution in [-0.4, -0.2) is 79.8 Å². The van der Waals surface area contributed by atoms with E-state index in [1.54, 1.807) is 42.7 Å². The average Bonchev–Trinajstić information content (AvgIpc) is 3.24. The first kappa shape index (κ1) is 32.2. The summed E-state index contributed by atoms with van der Waals surface area (Å²) in [6.07, 6.45) is 15.4. The Labute approximate surface area is 246 Å². The Morgan fingerprint density at radius 3 is 1.66 bits per heavy atom. The largest absolute Gasteiger partial charge is 0.493 e. The van der Waals surface area contributed by atoms with Crippen LogP contribution in [0.1, 0.15) is 49.7 Å². The van der Waals surface area contributed by atoms with Crippen LogP contribution in [0.15, 0.2) is 36.4 Å². The SMILES string of the molecule is COc1cc(C=CCCCC2CNCCCN2CCCC=Cc2cc(OC)c(OC)c(OC)c2)cc(OC)c1OC. The molecule has 1 unspecified atom stereocenters. The van der Waals surface area contributed by atoms with Gasteiger partial charge >= 0.3 is 0 Å². The van der Waals surface area contributed by atoms with Gasteiger partial charge in [-0.3, -0.25) is 4.90 Å². The van der Waals surface area contributed by atoms with Crippen LogP contribution in [0.25, 0.3) is 12.2 Å². The van der Waals surface area contributed by atoms with Crippen LogP contribution in [0.5, 0.6) is 34.5 Å². The highest BCUT2D eigenvalue weighted by molar-refractivity contribution is 5.63. The van der Waals surface area contributed by atoms with Crippen molar-refractivity contribution in [3.63, 3.8) is 0 Å². The highest BCUT2D eigenvalue weighted by atomic mass is 16.5. The molecule has 0 aromatic heterocycles. The summed E-state index contributed by atoms with van der Waals surface area (Å²) in [6.45, 7) is 4.40. The van der Waals surface area contributed by atoms with Gasteiger partial charge in [0.25, 0.3) is 0 Å². The summed E-state index contributed by atoms with van der Waals surface area (Å²) in [4.78, 5) is 2.68. The molecule has 226 valence electrons. The first-order valence-corrected chi connectivity index (χ1v) is 14.5. The maximum absolute atomic E-state index is 5.48. The molecule has 1 saturated heterocycles. The minimum absolute atomic E-state index is 0.561. The lowest BCUT2D eigenvalue weighted by molar-refractivity contribution is 0.195. The fourth-order valence-electron chi connectivity index (χ4n) is 5.28. The number of rotatable bonds is 16. The normalized spacial score (nSPS) is 16.1. The van der Waals surface area contributed by atoms with Crippen LogP contribution in [0.2, 0.25) is 0 Å². The molecule has 8 heteroatoms. The molecule has 1 aliphatic rings. The van der Waals surface area contributed by atoms with Gasteiger partial charge in [-0.1, -0.05) is 24.3 Å². The molecule has 0 radical (unpaired) electrons. The Morgan fingerprint density at radius 1 is 0.707 bits per heavy atom. The molecule has 2 aromatic rings. The Hall–Kier alpha value is -3.36. The summed E-state index contributed by atoms with van der Waals surface area (Å²) < 4.78 is 32.8. The van der Waals surface area contributed by atoms with E-state index in [-0.39, 0.29) is 0 Å². The highest BCUT2D eigenvalue weighted by Gasteiger charge is 2.20. The smallest absolute Gasteiger partial charge is 0.203 e. The molecule has 2 aromatic carbocycles. The van der Waals surface area contributed by atoms with Gasteiger partial charge in [0.2, 0.25) is 11.5 Å². The van der Waals surface area contributed by atoms with Crippen molar-refractivity contribution in [2.24, 2.45) is 0 Å². The predicted octanol–water partition coefficient (Wildman–Crippen LogP) is 6.08. The summed E-state index contributed by atoms with van der Waals surface area (Å²) in [5.74, 6) is 3.92. The minimum atomic E-state index is 0.561. The van der Waals surface area contributed by atoms with E-state index < -0.39 is 0 Å². The maximum atomic E-state index is 5.48. The van der Waals surface area contributed by atoms with Crippen LogP contribution in [0.3, 0.4) is 0 Å². The number of unbranched alkanes of at least 4 members (excludes halogenated alkanes) is 2. The molecule has 1 fully saturated rings. The van der Waals surface area contributed by atoms with Gasteiger partial charge in [0.05, 0.1) is 42.7 Å². The van der Waals surface area contributed by atoms with Gasteiger partial charge in [-0.2, -0.15) is 0 Å². The highest BCUT2D eigenvalue weighted by Crippen LogP contribution is 2.39. The van der Waals surface area contributed by atoms with Gasteiger partial charge < -0.3 is 33.7 Å². The Kier molecular flexibility index (Phi) is 13.7. The van der Waals surface area contributed by atoms with Crippen LogP contribution < -0.4 is 33.7 Å². The van der Waals surface area contributed by atoms with Crippen molar-refractivity contribution >= 4 is 12.2 Å². The number of hydrogen-bond acceptors (Lipinski definition) is 8. The molecule has 0 bridgehead atoms. The topological polar surface area (TPSA) is 70.7 Å². The van der Waals surface area contributed by atoms with Gasteiger partial charge in [-0.25, -0.2) is 0 Å². The first-order valence-electron chi connectivity index (χ1n) is 14.5. The third-order valence-electron chi connectivity index (χ3n) is 7.41. The van der Waals surface area contributed by atoms with E-state index in [0.29, 0.717) is 40.5 Å². The Bertz CT molecular complexity index is 995. The van der Waals surface area contributed by atoms with Crippen LogP contribution >= 0.6 is 0 Å². The predicted molar refractivity (Wildman–Crippen MR) is 166 cm³/mol. The van der Waals surface area contributed by atoms with Gasteiger partial charge in [0, 0.05) is 12.6 Å². The fourth-order valence-corrected chi connectivity index (χ4v) is 5.28. The van der Waals surface area contributed by atoms with Crippen molar-refractivity contribution in [1.29, 1.82) is 0 Å². The molecule has 0 aliphatic carbocycles. The van der Waals surface area contributed by atoms with Crippen molar-refractivity contribution in [2.75, 3.05) is 68.8 Å². The summed E-state index contributed by atoms with van der Waals surface area (Å²) in [6, 6.07) is 8.47. The number of allylic oxidation sites excluding steroid dienone is 2. The molecule has 1 aliphatic heterocycles. The average molecular weight is 569 g/mol. The summed E-state index contributed by atoms with van der Waals surface area (Å²) in [5, 5.41) is 3.64. The third kappa shape index (κ3) is 9.33. The zero-order chi connectivity index (χ0) is 29.5. The second-order valence-corrected chi connectivity index (χ2v) is 10.0. The van der Waals surface area contributed by atoms with E-state index in [4.69, 9.17) is 28.4 Å². The number of ether oxygens (including phenoxy) is 6. The number of hydrogen-bond donors (Lipinski definition) is 1. The molecule has 1 atom stereocenters. The Morgan fingerprint density at radius 2 is 1.20 bits per heavy atom. The second kappa shape index (κ2) is 17.5. The molecular formula is C33H48N2O6. The number of nitrogens with zero attached hydrogens (tertiary/aromatic N) is 1. The quantitative estimate of drug-likeness (QED) is 0.245. The second-order valence-electron chi connectivity index (χ2n) is 10.0. The molecule has 1 N–H and O–H groups in total. The lowest BCUT2D eigenvalue weighted by atomic mass is 10.1. The molecule has 41 heavy (non-hydrogen) atoms. The van der Waals surface area contributed by atoms with E-state index in [9.17, 15) is 0 Å². The van der Waals surface area contributed by atoms with Gasteiger partial charge in [-0.05, 0) is 93.6 Å². The molecule has 3 rings (SSSR count). The maximum Gasteiger partial charge on any atom is 0.203 e. The van der Waals surface area contributed by atoms with Crippen LogP contribution in [-0.2, 0) is 0 Å². The zero-order valence-electron chi connectivity index (χ0n) is 25.7. The molecule has 8 nitrogen and oxygen atoms in total. The van der Waals surface area contributed by atoms with Crippen LogP contribution in [0, 0.1) is 0 Å². The van der Waals surface area contributed by atoms with Crippen molar-refractivity contribution in [3.8, 4) is 34.5 Å². The lowest BCUT2D eigenvalue weighted by Crippen LogP contribution is -2.40. The van der Waals surface area contributed by atoms with Crippen molar-refractivity contribution in [1.82, 2.24) is 10.2 Å². The van der Waals surface area contributed by atoms with E-state index in [1.807, 2.05) is 24.3 Å². The van der Waals surface area contributed by atoms with E-state index in [2.05, 4.69) is 34.5 Å². The van der Waals surface area contributed by atoms with Gasteiger partial charge in [-0.15, -0.1) is 0 Å². The summed E-state index contributed by atoms with van der Waals surface area (Å²) in [5.41, 5.74) is 2.08. The van der Waals surface area contributed by atoms with Crippen molar-refractivity contribution in [3.05, 3.63) is 47.5 Å². The first-order chi connectivity index (χ1) is 20.1. The molecule has 0 spiro atoms. The Balaban J connectivity index is 1.49. The minimum Gasteiger partial charge on any atom is -0.493 e. The lowest BCUT2D eigenvalue weighted by Gasteiger charge is -2.29. The number of benzene rings is 2. The molecule has 0 amide bonds. The number of methoxy groups -OCH3 is 6. The van der Waals surface area contributed by atoms with E-state index in [0.717, 1.165) is 63.0 Å².